The summed E-state index contributed by atoms with van der Waals surface area (Å²) in [6.07, 6.45) is 0.941. The molecule has 0 spiro atoms. The fourth-order valence-corrected chi connectivity index (χ4v) is 2.75. The lowest BCUT2D eigenvalue weighted by Crippen LogP contribution is -2.03. The molecule has 0 aliphatic carbocycles. The van der Waals surface area contributed by atoms with E-state index in [1.807, 2.05) is 17.8 Å². The summed E-state index contributed by atoms with van der Waals surface area (Å²) >= 11 is 1.81. The summed E-state index contributed by atoms with van der Waals surface area (Å²) in [5, 5.41) is 0. The molecule has 0 aliphatic heterocycles. The Labute approximate surface area is 107 Å². The second kappa shape index (κ2) is 5.89. The molecular weight excluding hydrogens is 226 g/mol. The molecule has 2 aromatic rings. The van der Waals surface area contributed by atoms with Crippen LogP contribution in [0, 0.1) is 6.92 Å². The smallest absolute Gasteiger partial charge is 0.0155 e. The monoisotopic (exact) mass is 243 g/mol. The molecule has 2 rings (SSSR count). The minimum absolute atomic E-state index is 0.700. The molecule has 88 valence electrons. The van der Waals surface area contributed by atoms with Crippen molar-refractivity contribution in [2.45, 2.75) is 23.1 Å². The summed E-state index contributed by atoms with van der Waals surface area (Å²) in [7, 11) is 0. The van der Waals surface area contributed by atoms with E-state index in [1.165, 1.54) is 20.9 Å². The van der Waals surface area contributed by atoms with Crippen molar-refractivity contribution in [3.05, 3.63) is 59.7 Å². The normalized spacial score (nSPS) is 10.5. The Morgan fingerprint density at radius 3 is 2.53 bits per heavy atom. The highest BCUT2D eigenvalue weighted by molar-refractivity contribution is 7.99. The highest BCUT2D eigenvalue weighted by atomic mass is 32.2. The zero-order valence-corrected chi connectivity index (χ0v) is 10.8. The van der Waals surface area contributed by atoms with Crippen LogP contribution < -0.4 is 5.73 Å². The van der Waals surface area contributed by atoms with Crippen LogP contribution in [0.3, 0.4) is 0 Å². The highest BCUT2D eigenvalue weighted by Crippen LogP contribution is 2.30. The number of benzene rings is 2. The zero-order valence-electron chi connectivity index (χ0n) is 10.0. The molecule has 0 unspecified atom stereocenters. The van der Waals surface area contributed by atoms with Crippen molar-refractivity contribution < 1.29 is 0 Å². The van der Waals surface area contributed by atoms with Crippen molar-refractivity contribution >= 4 is 11.8 Å². The van der Waals surface area contributed by atoms with Crippen LogP contribution in [-0.2, 0) is 6.42 Å². The van der Waals surface area contributed by atoms with Gasteiger partial charge >= 0.3 is 0 Å². The van der Waals surface area contributed by atoms with Gasteiger partial charge in [-0.25, -0.2) is 0 Å². The number of aryl methyl sites for hydroxylation is 1. The summed E-state index contributed by atoms with van der Waals surface area (Å²) in [6, 6.07) is 17.0. The molecule has 0 fully saturated rings. The van der Waals surface area contributed by atoms with Crippen LogP contribution in [0.15, 0.2) is 58.3 Å². The topological polar surface area (TPSA) is 26.0 Å². The summed E-state index contributed by atoms with van der Waals surface area (Å²) in [5.41, 5.74) is 8.31. The minimum Gasteiger partial charge on any atom is -0.330 e. The van der Waals surface area contributed by atoms with Crippen LogP contribution in [0.1, 0.15) is 11.1 Å². The van der Waals surface area contributed by atoms with Crippen LogP contribution >= 0.6 is 11.8 Å². The van der Waals surface area contributed by atoms with E-state index in [0.29, 0.717) is 6.54 Å². The number of hydrogen-bond acceptors (Lipinski definition) is 2. The fraction of sp³-hybridized carbons (Fsp3) is 0.200. The van der Waals surface area contributed by atoms with Crippen LogP contribution in [0.4, 0.5) is 0 Å². The molecule has 0 amide bonds. The minimum atomic E-state index is 0.700. The van der Waals surface area contributed by atoms with Gasteiger partial charge in [0.1, 0.15) is 0 Å². The van der Waals surface area contributed by atoms with Gasteiger partial charge in [0.15, 0.2) is 0 Å². The molecule has 1 nitrogen and oxygen atoms in total. The Morgan fingerprint density at radius 2 is 1.82 bits per heavy atom. The molecule has 0 aliphatic rings. The molecule has 2 N–H and O–H groups in total. The van der Waals surface area contributed by atoms with Crippen molar-refractivity contribution in [2.75, 3.05) is 6.54 Å². The Kier molecular flexibility index (Phi) is 4.24. The van der Waals surface area contributed by atoms with Crippen LogP contribution in [0.2, 0.25) is 0 Å². The third-order valence-corrected chi connectivity index (χ3v) is 3.73. The molecule has 0 heterocycles. The van der Waals surface area contributed by atoms with Gasteiger partial charge in [0.25, 0.3) is 0 Å². The average molecular weight is 243 g/mol. The standard InChI is InChI=1S/C15H17NS/c1-12-7-8-15(13(11-12)9-10-16)17-14-5-3-2-4-6-14/h2-8,11H,9-10,16H2,1H3. The third kappa shape index (κ3) is 3.35. The van der Waals surface area contributed by atoms with E-state index in [0.717, 1.165) is 6.42 Å². The molecule has 0 atom stereocenters. The molecule has 0 aromatic heterocycles. The first-order valence-electron chi connectivity index (χ1n) is 5.82. The maximum absolute atomic E-state index is 5.66. The second-order valence-corrected chi connectivity index (χ2v) is 5.18. The Morgan fingerprint density at radius 1 is 1.06 bits per heavy atom. The van der Waals surface area contributed by atoms with Crippen LogP contribution in [-0.4, -0.2) is 6.54 Å². The van der Waals surface area contributed by atoms with Crippen molar-refractivity contribution in [3.63, 3.8) is 0 Å². The summed E-state index contributed by atoms with van der Waals surface area (Å²) in [6.45, 7) is 2.82. The SMILES string of the molecule is Cc1ccc(Sc2ccccc2)c(CCN)c1. The molecule has 0 radical (unpaired) electrons. The maximum Gasteiger partial charge on any atom is 0.0155 e. The summed E-state index contributed by atoms with van der Waals surface area (Å²) in [5.74, 6) is 0. The van der Waals surface area contributed by atoms with E-state index in [4.69, 9.17) is 5.73 Å². The molecular formula is C15H17NS. The Hall–Kier alpha value is -1.25. The first kappa shape index (κ1) is 12.2. The third-order valence-electron chi connectivity index (χ3n) is 2.60. The summed E-state index contributed by atoms with van der Waals surface area (Å²) < 4.78 is 0. The molecule has 2 aromatic carbocycles. The average Bonchev–Trinajstić information content (AvgIpc) is 2.34. The fourth-order valence-electron chi connectivity index (χ4n) is 1.77. The predicted molar refractivity (Wildman–Crippen MR) is 74.5 cm³/mol. The van der Waals surface area contributed by atoms with Gasteiger partial charge in [0.2, 0.25) is 0 Å². The second-order valence-electron chi connectivity index (χ2n) is 4.06. The lowest BCUT2D eigenvalue weighted by Gasteiger charge is -2.09. The van der Waals surface area contributed by atoms with Gasteiger partial charge in [-0.15, -0.1) is 0 Å². The van der Waals surface area contributed by atoms with Crippen LogP contribution in [0.5, 0.6) is 0 Å². The van der Waals surface area contributed by atoms with Crippen molar-refractivity contribution in [3.8, 4) is 0 Å². The molecule has 0 saturated heterocycles. The van der Waals surface area contributed by atoms with E-state index >= 15 is 0 Å². The Balaban J connectivity index is 2.26. The van der Waals surface area contributed by atoms with Gasteiger partial charge in [0, 0.05) is 9.79 Å². The van der Waals surface area contributed by atoms with Crippen LogP contribution in [0.25, 0.3) is 0 Å². The van der Waals surface area contributed by atoms with Gasteiger partial charge in [-0.05, 0) is 43.7 Å². The lowest BCUT2D eigenvalue weighted by molar-refractivity contribution is 0.941. The molecule has 0 bridgehead atoms. The number of rotatable bonds is 4. The number of hydrogen-bond donors (Lipinski definition) is 1. The lowest BCUT2D eigenvalue weighted by atomic mass is 10.1. The van der Waals surface area contributed by atoms with E-state index in [1.54, 1.807) is 0 Å². The van der Waals surface area contributed by atoms with Gasteiger partial charge < -0.3 is 5.73 Å². The first-order chi connectivity index (χ1) is 8.29. The Bertz CT molecular complexity index is 480. The van der Waals surface area contributed by atoms with Gasteiger partial charge in [-0.2, -0.15) is 0 Å². The predicted octanol–water partition coefficient (Wildman–Crippen LogP) is 3.65. The zero-order chi connectivity index (χ0) is 12.1. The number of nitrogens with two attached hydrogens (primary N) is 1. The van der Waals surface area contributed by atoms with E-state index in [2.05, 4.69) is 49.4 Å². The summed E-state index contributed by atoms with van der Waals surface area (Å²) in [4.78, 5) is 2.59. The van der Waals surface area contributed by atoms with E-state index in [-0.39, 0.29) is 0 Å². The van der Waals surface area contributed by atoms with Crippen molar-refractivity contribution in [2.24, 2.45) is 5.73 Å². The first-order valence-corrected chi connectivity index (χ1v) is 6.64. The van der Waals surface area contributed by atoms with Gasteiger partial charge in [-0.3, -0.25) is 0 Å². The molecule has 2 heteroatoms. The highest BCUT2D eigenvalue weighted by Gasteiger charge is 2.04. The molecule has 17 heavy (non-hydrogen) atoms. The maximum atomic E-state index is 5.66. The largest absolute Gasteiger partial charge is 0.330 e. The quantitative estimate of drug-likeness (QED) is 0.887. The van der Waals surface area contributed by atoms with Gasteiger partial charge in [-0.1, -0.05) is 47.7 Å². The van der Waals surface area contributed by atoms with E-state index < -0.39 is 0 Å². The van der Waals surface area contributed by atoms with Crippen molar-refractivity contribution in [1.29, 1.82) is 0 Å². The van der Waals surface area contributed by atoms with Gasteiger partial charge in [0.05, 0.1) is 0 Å². The van der Waals surface area contributed by atoms with E-state index in [9.17, 15) is 0 Å². The molecule has 0 saturated carbocycles. The van der Waals surface area contributed by atoms with Crippen molar-refractivity contribution in [1.82, 2.24) is 0 Å².